The van der Waals surface area contributed by atoms with Crippen LogP contribution in [0.15, 0.2) is 12.7 Å². The van der Waals surface area contributed by atoms with Crippen LogP contribution in [0.4, 0.5) is 14.6 Å². The van der Waals surface area contributed by atoms with Crippen LogP contribution in [0.1, 0.15) is 0 Å². The lowest BCUT2D eigenvalue weighted by molar-refractivity contribution is 0.217. The Morgan fingerprint density at radius 2 is 1.94 bits per heavy atom. The number of alkyl halides is 2. The topological polar surface area (TPSA) is 57.7 Å². The molecule has 3 rings (SSSR count). The summed E-state index contributed by atoms with van der Waals surface area (Å²) in [6.45, 7) is 0.0403. The van der Waals surface area contributed by atoms with Crippen molar-refractivity contribution >= 4 is 17.0 Å². The van der Waals surface area contributed by atoms with Gasteiger partial charge in [-0.15, -0.1) is 0 Å². The van der Waals surface area contributed by atoms with Crippen molar-refractivity contribution < 1.29 is 8.78 Å². The molecule has 84 valence electrons. The minimum atomic E-state index is -1.45. The molecule has 0 saturated carbocycles. The van der Waals surface area contributed by atoms with Crippen LogP contribution in [0, 0.1) is 0 Å². The summed E-state index contributed by atoms with van der Waals surface area (Å²) >= 11 is 0. The van der Waals surface area contributed by atoms with Crippen LogP contribution in [-0.4, -0.2) is 45.4 Å². The molecule has 1 aliphatic heterocycles. The fourth-order valence-corrected chi connectivity index (χ4v) is 1.89. The fourth-order valence-electron chi connectivity index (χ4n) is 1.89. The second-order valence-corrected chi connectivity index (χ2v) is 3.74. The van der Waals surface area contributed by atoms with Crippen LogP contribution >= 0.6 is 0 Å². The van der Waals surface area contributed by atoms with E-state index in [0.717, 1.165) is 0 Å². The summed E-state index contributed by atoms with van der Waals surface area (Å²) in [6.07, 6.45) is -0.0725. The summed E-state index contributed by atoms with van der Waals surface area (Å²) in [7, 11) is 0. The molecular weight excluding hydrogens is 216 g/mol. The molecule has 7 heteroatoms. The van der Waals surface area contributed by atoms with Crippen LogP contribution in [-0.2, 0) is 0 Å². The molecule has 1 aliphatic rings. The maximum atomic E-state index is 13.1. The van der Waals surface area contributed by atoms with E-state index in [9.17, 15) is 8.78 Å². The van der Waals surface area contributed by atoms with E-state index in [2.05, 4.69) is 19.9 Å². The lowest BCUT2D eigenvalue weighted by Gasteiger charge is -2.15. The minimum Gasteiger partial charge on any atom is -0.349 e. The number of hydrogen-bond acceptors (Lipinski definition) is 4. The molecule has 1 fully saturated rings. The van der Waals surface area contributed by atoms with Gasteiger partial charge in [0.15, 0.2) is 23.8 Å². The highest BCUT2D eigenvalue weighted by Crippen LogP contribution is 2.26. The van der Waals surface area contributed by atoms with Gasteiger partial charge in [-0.25, -0.2) is 23.7 Å². The highest BCUT2D eigenvalue weighted by molar-refractivity contribution is 5.82. The molecule has 0 amide bonds. The van der Waals surface area contributed by atoms with Crippen molar-refractivity contribution in [1.82, 2.24) is 19.9 Å². The molecule has 5 nitrogen and oxygen atoms in total. The van der Waals surface area contributed by atoms with Gasteiger partial charge in [0.25, 0.3) is 0 Å². The van der Waals surface area contributed by atoms with E-state index in [-0.39, 0.29) is 13.1 Å². The lowest BCUT2D eigenvalue weighted by atomic mass is 10.3. The largest absolute Gasteiger partial charge is 0.349 e. The van der Waals surface area contributed by atoms with Gasteiger partial charge in [-0.2, -0.15) is 0 Å². The van der Waals surface area contributed by atoms with Crippen LogP contribution in [0.5, 0.6) is 0 Å². The van der Waals surface area contributed by atoms with E-state index < -0.39 is 12.3 Å². The Labute approximate surface area is 89.5 Å². The monoisotopic (exact) mass is 225 g/mol. The summed E-state index contributed by atoms with van der Waals surface area (Å²) in [4.78, 5) is 16.4. The van der Waals surface area contributed by atoms with Gasteiger partial charge in [-0.3, -0.25) is 0 Å². The smallest absolute Gasteiger partial charge is 0.182 e. The molecule has 0 aromatic carbocycles. The first-order chi connectivity index (χ1) is 7.75. The van der Waals surface area contributed by atoms with Gasteiger partial charge in [0.05, 0.1) is 19.4 Å². The molecule has 2 aromatic heterocycles. The van der Waals surface area contributed by atoms with E-state index in [1.165, 1.54) is 12.7 Å². The van der Waals surface area contributed by atoms with Crippen molar-refractivity contribution in [1.29, 1.82) is 0 Å². The molecular formula is C9H9F2N5. The van der Waals surface area contributed by atoms with Crippen molar-refractivity contribution in [2.45, 2.75) is 12.3 Å². The fraction of sp³-hybridized carbons (Fsp3) is 0.444. The average molecular weight is 225 g/mol. The zero-order valence-corrected chi connectivity index (χ0v) is 8.27. The number of imidazole rings is 1. The Kier molecular flexibility index (Phi) is 1.98. The zero-order chi connectivity index (χ0) is 11.1. The van der Waals surface area contributed by atoms with Crippen molar-refractivity contribution in [3.05, 3.63) is 12.7 Å². The third-order valence-corrected chi connectivity index (χ3v) is 2.68. The second-order valence-electron chi connectivity index (χ2n) is 3.74. The molecule has 0 bridgehead atoms. The number of anilines is 1. The summed E-state index contributed by atoms with van der Waals surface area (Å²) in [5, 5.41) is 0. The van der Waals surface area contributed by atoms with Gasteiger partial charge in [-0.1, -0.05) is 0 Å². The molecule has 0 radical (unpaired) electrons. The first-order valence-electron chi connectivity index (χ1n) is 4.93. The van der Waals surface area contributed by atoms with E-state index in [1.807, 2.05) is 0 Å². The van der Waals surface area contributed by atoms with E-state index >= 15 is 0 Å². The number of H-pyrrole nitrogens is 1. The third kappa shape index (κ3) is 1.31. The maximum Gasteiger partial charge on any atom is 0.182 e. The molecule has 0 unspecified atom stereocenters. The first kappa shape index (κ1) is 9.44. The molecule has 3 heterocycles. The molecule has 0 aliphatic carbocycles. The summed E-state index contributed by atoms with van der Waals surface area (Å²) in [5.74, 6) is 0.505. The highest BCUT2D eigenvalue weighted by atomic mass is 19.2. The van der Waals surface area contributed by atoms with Gasteiger partial charge in [0, 0.05) is 0 Å². The Morgan fingerprint density at radius 1 is 1.19 bits per heavy atom. The van der Waals surface area contributed by atoms with Crippen molar-refractivity contribution in [3.63, 3.8) is 0 Å². The van der Waals surface area contributed by atoms with Crippen molar-refractivity contribution in [2.75, 3.05) is 18.0 Å². The highest BCUT2D eigenvalue weighted by Gasteiger charge is 2.34. The number of hydrogen-bond donors (Lipinski definition) is 1. The number of nitrogens with zero attached hydrogens (tertiary/aromatic N) is 4. The SMILES string of the molecule is F[C@@H]1CN(c2ncnc3nc[nH]c23)C[C@@H]1F. The zero-order valence-electron chi connectivity index (χ0n) is 8.27. The van der Waals surface area contributed by atoms with Crippen LogP contribution < -0.4 is 4.90 Å². The summed E-state index contributed by atoms with van der Waals surface area (Å²) < 4.78 is 26.2. The Hall–Kier alpha value is -1.79. The Bertz CT molecular complexity index is 503. The van der Waals surface area contributed by atoms with E-state index in [0.29, 0.717) is 17.0 Å². The van der Waals surface area contributed by atoms with E-state index in [1.54, 1.807) is 4.90 Å². The van der Waals surface area contributed by atoms with Gasteiger partial charge in [0.2, 0.25) is 0 Å². The third-order valence-electron chi connectivity index (χ3n) is 2.68. The predicted molar refractivity (Wildman–Crippen MR) is 53.7 cm³/mol. The number of aromatic amines is 1. The number of fused-ring (bicyclic) bond motifs is 1. The maximum absolute atomic E-state index is 13.1. The van der Waals surface area contributed by atoms with Gasteiger partial charge in [-0.05, 0) is 0 Å². The second kappa shape index (κ2) is 3.36. The summed E-state index contributed by atoms with van der Waals surface area (Å²) in [5.41, 5.74) is 1.12. The lowest BCUT2D eigenvalue weighted by Crippen LogP contribution is -2.21. The van der Waals surface area contributed by atoms with Gasteiger partial charge >= 0.3 is 0 Å². The molecule has 2 aromatic rings. The summed E-state index contributed by atoms with van der Waals surface area (Å²) in [6, 6.07) is 0. The molecule has 1 saturated heterocycles. The van der Waals surface area contributed by atoms with Crippen LogP contribution in [0.2, 0.25) is 0 Å². The van der Waals surface area contributed by atoms with Gasteiger partial charge in [0.1, 0.15) is 11.8 Å². The van der Waals surface area contributed by atoms with Gasteiger partial charge < -0.3 is 9.88 Å². The van der Waals surface area contributed by atoms with Crippen LogP contribution in [0.3, 0.4) is 0 Å². The Balaban J connectivity index is 2.03. The Morgan fingerprint density at radius 3 is 2.69 bits per heavy atom. The normalized spacial score (nSPS) is 25.5. The molecule has 2 atom stereocenters. The predicted octanol–water partition coefficient (Wildman–Crippen LogP) is 0.849. The first-order valence-corrected chi connectivity index (χ1v) is 4.93. The number of aromatic nitrogens is 4. The van der Waals surface area contributed by atoms with Crippen molar-refractivity contribution in [2.24, 2.45) is 0 Å². The standard InChI is InChI=1S/C9H9F2N5/c10-5-1-16(2-6(5)11)9-7-8(13-3-12-7)14-4-15-9/h3-6H,1-2H2,(H,12,13,14,15)/t5-,6+. The number of halogens is 2. The quantitative estimate of drug-likeness (QED) is 0.781. The van der Waals surface area contributed by atoms with Crippen LogP contribution in [0.25, 0.3) is 11.2 Å². The molecule has 1 N–H and O–H groups in total. The number of rotatable bonds is 1. The van der Waals surface area contributed by atoms with E-state index in [4.69, 9.17) is 0 Å². The average Bonchev–Trinajstić information content (AvgIpc) is 2.85. The minimum absolute atomic E-state index is 0.0201. The molecule has 0 spiro atoms. The molecule has 16 heavy (non-hydrogen) atoms. The van der Waals surface area contributed by atoms with Crippen molar-refractivity contribution in [3.8, 4) is 0 Å². The number of nitrogens with one attached hydrogen (secondary N) is 1.